The zero-order chi connectivity index (χ0) is 26.0. The summed E-state index contributed by atoms with van der Waals surface area (Å²) in [5.41, 5.74) is 8.35. The molecule has 1 aliphatic heterocycles. The minimum absolute atomic E-state index is 0.00259. The molecular formula is C25H24ClN3O6S. The van der Waals surface area contributed by atoms with Crippen LogP contribution in [0.2, 0.25) is 0 Å². The third kappa shape index (κ3) is 5.00. The van der Waals surface area contributed by atoms with E-state index in [1.54, 1.807) is 18.2 Å². The second kappa shape index (κ2) is 10.2. The number of unbranched alkanes of at least 4 members (excludes halogenated alkanes) is 1. The van der Waals surface area contributed by atoms with E-state index >= 15 is 0 Å². The van der Waals surface area contributed by atoms with Gasteiger partial charge >= 0.3 is 6.09 Å². The van der Waals surface area contributed by atoms with E-state index in [0.29, 0.717) is 47.0 Å². The number of imide groups is 1. The highest BCUT2D eigenvalue weighted by atomic mass is 35.7. The van der Waals surface area contributed by atoms with Crippen LogP contribution in [-0.2, 0) is 20.2 Å². The average molecular weight is 530 g/mol. The SMILES string of the molecule is CCCCN1C(=O)c2cccc3c(CCOC(=O)Nc4ccc(S(=O)(=O)Cl)cc4)cc(N)c(c23)C1=O. The molecule has 3 aromatic carbocycles. The monoisotopic (exact) mass is 529 g/mol. The molecule has 3 amide bonds. The molecule has 0 saturated carbocycles. The standard InChI is InChI=1S/C25H24ClN3O6S/c1-2-3-12-29-23(30)19-6-4-5-18-15(14-20(27)22(21(18)19)24(29)31)11-13-35-25(32)28-16-7-9-17(10-8-16)36(26,33)34/h4-10,14H,2-3,11-13,27H2,1H3,(H,28,32). The van der Waals surface area contributed by atoms with E-state index in [-0.39, 0.29) is 23.1 Å². The minimum Gasteiger partial charge on any atom is -0.449 e. The van der Waals surface area contributed by atoms with Gasteiger partial charge in [-0.2, -0.15) is 0 Å². The maximum Gasteiger partial charge on any atom is 0.411 e. The number of rotatable bonds is 8. The van der Waals surface area contributed by atoms with Gasteiger partial charge in [0, 0.05) is 46.0 Å². The maximum atomic E-state index is 13.1. The number of ether oxygens (including phenoxy) is 1. The topological polar surface area (TPSA) is 136 Å². The first-order chi connectivity index (χ1) is 17.1. The Hall–Kier alpha value is -3.63. The number of benzene rings is 3. The maximum absolute atomic E-state index is 13.1. The quantitative estimate of drug-likeness (QED) is 0.248. The van der Waals surface area contributed by atoms with Gasteiger partial charge in [0.25, 0.3) is 20.9 Å². The van der Waals surface area contributed by atoms with Crippen molar-refractivity contribution in [2.75, 3.05) is 24.2 Å². The Morgan fingerprint density at radius 3 is 2.50 bits per heavy atom. The fraction of sp³-hybridized carbons (Fsp3) is 0.240. The van der Waals surface area contributed by atoms with E-state index in [1.165, 1.54) is 29.2 Å². The van der Waals surface area contributed by atoms with Gasteiger partial charge in [0.15, 0.2) is 0 Å². The Balaban J connectivity index is 1.50. The van der Waals surface area contributed by atoms with Crippen LogP contribution in [0.25, 0.3) is 10.8 Å². The molecule has 0 saturated heterocycles. The van der Waals surface area contributed by atoms with Crippen LogP contribution < -0.4 is 11.1 Å². The van der Waals surface area contributed by atoms with E-state index in [1.807, 2.05) is 13.0 Å². The normalized spacial score (nSPS) is 13.2. The summed E-state index contributed by atoms with van der Waals surface area (Å²) < 4.78 is 27.9. The summed E-state index contributed by atoms with van der Waals surface area (Å²) in [4.78, 5) is 39.5. The van der Waals surface area contributed by atoms with Gasteiger partial charge in [-0.05, 0) is 53.8 Å². The van der Waals surface area contributed by atoms with Gasteiger partial charge in [0.05, 0.1) is 17.1 Å². The lowest BCUT2D eigenvalue weighted by atomic mass is 9.89. The third-order valence-electron chi connectivity index (χ3n) is 5.94. The molecule has 0 unspecified atom stereocenters. The second-order valence-corrected chi connectivity index (χ2v) is 10.9. The minimum atomic E-state index is -3.86. The third-order valence-corrected chi connectivity index (χ3v) is 7.31. The van der Waals surface area contributed by atoms with Crippen molar-refractivity contribution in [1.29, 1.82) is 0 Å². The number of halogens is 1. The average Bonchev–Trinajstić information content (AvgIpc) is 2.83. The van der Waals surface area contributed by atoms with Crippen LogP contribution in [-0.4, -0.2) is 44.4 Å². The number of nitrogens with zero attached hydrogens (tertiary/aromatic N) is 1. The Morgan fingerprint density at radius 2 is 1.83 bits per heavy atom. The molecule has 0 atom stereocenters. The van der Waals surface area contributed by atoms with Gasteiger partial charge in [0.1, 0.15) is 0 Å². The predicted octanol–water partition coefficient (Wildman–Crippen LogP) is 4.54. The van der Waals surface area contributed by atoms with E-state index in [4.69, 9.17) is 21.2 Å². The first-order valence-corrected chi connectivity index (χ1v) is 13.6. The summed E-state index contributed by atoms with van der Waals surface area (Å²) in [5, 5.41) is 3.73. The number of nitrogens with two attached hydrogens (primary N) is 1. The van der Waals surface area contributed by atoms with Crippen molar-refractivity contribution in [1.82, 2.24) is 4.90 Å². The molecule has 0 aliphatic carbocycles. The first-order valence-electron chi connectivity index (χ1n) is 11.3. The molecule has 188 valence electrons. The number of carbonyl (C=O) groups is 3. The summed E-state index contributed by atoms with van der Waals surface area (Å²) in [6.07, 6.45) is 1.11. The molecule has 36 heavy (non-hydrogen) atoms. The van der Waals surface area contributed by atoms with Gasteiger partial charge < -0.3 is 10.5 Å². The largest absolute Gasteiger partial charge is 0.449 e. The number of nitrogen functional groups attached to an aromatic ring is 1. The van der Waals surface area contributed by atoms with Crippen molar-refractivity contribution in [3.8, 4) is 0 Å². The van der Waals surface area contributed by atoms with Gasteiger partial charge in [0.2, 0.25) is 0 Å². The highest BCUT2D eigenvalue weighted by Gasteiger charge is 2.34. The summed E-state index contributed by atoms with van der Waals surface area (Å²) in [6, 6.07) is 12.2. The number of hydrogen-bond donors (Lipinski definition) is 2. The van der Waals surface area contributed by atoms with Crippen LogP contribution in [0.1, 0.15) is 46.0 Å². The molecule has 0 fully saturated rings. The fourth-order valence-electron chi connectivity index (χ4n) is 4.19. The summed E-state index contributed by atoms with van der Waals surface area (Å²) in [5.74, 6) is -0.739. The Bertz CT molecular complexity index is 1470. The first kappa shape index (κ1) is 25.5. The number of hydrogen-bond acceptors (Lipinski definition) is 7. The zero-order valence-electron chi connectivity index (χ0n) is 19.4. The smallest absolute Gasteiger partial charge is 0.411 e. The number of nitrogens with one attached hydrogen (secondary N) is 1. The molecule has 3 aromatic rings. The predicted molar refractivity (Wildman–Crippen MR) is 137 cm³/mol. The highest BCUT2D eigenvalue weighted by Crippen LogP contribution is 2.36. The van der Waals surface area contributed by atoms with Crippen molar-refractivity contribution in [2.24, 2.45) is 0 Å². The van der Waals surface area contributed by atoms with Gasteiger partial charge in [-0.25, -0.2) is 13.2 Å². The molecule has 4 rings (SSSR count). The molecule has 0 radical (unpaired) electrons. The van der Waals surface area contributed by atoms with Crippen molar-refractivity contribution >= 4 is 59.8 Å². The van der Waals surface area contributed by atoms with Crippen molar-refractivity contribution < 1.29 is 27.5 Å². The molecule has 1 aliphatic rings. The fourth-order valence-corrected chi connectivity index (χ4v) is 4.96. The molecular weight excluding hydrogens is 506 g/mol. The van der Waals surface area contributed by atoms with Crippen LogP contribution in [0, 0.1) is 0 Å². The van der Waals surface area contributed by atoms with E-state index < -0.39 is 21.1 Å². The van der Waals surface area contributed by atoms with E-state index in [0.717, 1.165) is 12.0 Å². The van der Waals surface area contributed by atoms with Crippen LogP contribution in [0.15, 0.2) is 53.4 Å². The molecule has 9 nitrogen and oxygen atoms in total. The lowest BCUT2D eigenvalue weighted by molar-refractivity contribution is 0.0609. The molecule has 1 heterocycles. The Kier molecular flexibility index (Phi) is 7.18. The van der Waals surface area contributed by atoms with Crippen LogP contribution in [0.5, 0.6) is 0 Å². The molecule has 0 bridgehead atoms. The van der Waals surface area contributed by atoms with Crippen LogP contribution in [0.4, 0.5) is 16.2 Å². The van der Waals surface area contributed by atoms with Crippen molar-refractivity contribution in [2.45, 2.75) is 31.1 Å². The molecule has 3 N–H and O–H groups in total. The van der Waals surface area contributed by atoms with Crippen LogP contribution in [0.3, 0.4) is 0 Å². The number of anilines is 2. The van der Waals surface area contributed by atoms with Gasteiger partial charge in [-0.3, -0.25) is 19.8 Å². The molecule has 11 heteroatoms. The van der Waals surface area contributed by atoms with Gasteiger partial charge in [-0.15, -0.1) is 0 Å². The Morgan fingerprint density at radius 1 is 1.11 bits per heavy atom. The zero-order valence-corrected chi connectivity index (χ0v) is 21.0. The van der Waals surface area contributed by atoms with E-state index in [9.17, 15) is 22.8 Å². The lowest BCUT2D eigenvalue weighted by Gasteiger charge is -2.28. The summed E-state index contributed by atoms with van der Waals surface area (Å²) in [6.45, 7) is 2.32. The second-order valence-electron chi connectivity index (χ2n) is 8.32. The Labute approximate surface area is 212 Å². The van der Waals surface area contributed by atoms with Gasteiger partial charge in [-0.1, -0.05) is 25.5 Å². The number of carbonyl (C=O) groups excluding carboxylic acids is 3. The lowest BCUT2D eigenvalue weighted by Crippen LogP contribution is -2.41. The number of amides is 3. The summed E-state index contributed by atoms with van der Waals surface area (Å²) in [7, 11) is 1.42. The van der Waals surface area contributed by atoms with Crippen molar-refractivity contribution in [3.05, 3.63) is 65.2 Å². The van der Waals surface area contributed by atoms with Crippen LogP contribution >= 0.6 is 10.7 Å². The highest BCUT2D eigenvalue weighted by molar-refractivity contribution is 8.13. The molecule has 0 spiro atoms. The molecule has 0 aromatic heterocycles. The summed E-state index contributed by atoms with van der Waals surface area (Å²) >= 11 is 0. The van der Waals surface area contributed by atoms with Crippen molar-refractivity contribution in [3.63, 3.8) is 0 Å². The van der Waals surface area contributed by atoms with E-state index in [2.05, 4.69) is 5.32 Å².